The van der Waals surface area contributed by atoms with Crippen LogP contribution in [0.2, 0.25) is 0 Å². The molecule has 6 nitrogen and oxygen atoms in total. The Hall–Kier alpha value is -3.55. The lowest BCUT2D eigenvalue weighted by Crippen LogP contribution is -2.41. The number of aromatic nitrogens is 4. The average molecular weight is 447 g/mol. The van der Waals surface area contributed by atoms with Crippen LogP contribution in [0.15, 0.2) is 42.7 Å². The monoisotopic (exact) mass is 447 g/mol. The van der Waals surface area contributed by atoms with Crippen LogP contribution in [0.3, 0.4) is 0 Å². The topological polar surface area (TPSA) is 66.6 Å². The van der Waals surface area contributed by atoms with Crippen molar-refractivity contribution in [2.45, 2.75) is 32.6 Å². The number of piperidine rings is 1. The molecule has 0 saturated carbocycles. The second kappa shape index (κ2) is 7.23. The van der Waals surface area contributed by atoms with E-state index in [1.54, 1.807) is 17.6 Å². The third-order valence-electron chi connectivity index (χ3n) is 7.23. The molecule has 0 amide bonds. The maximum atomic E-state index is 14.7. The number of rotatable bonds is 2. The minimum Gasteiger partial charge on any atom is -0.505 e. The summed E-state index contributed by atoms with van der Waals surface area (Å²) >= 11 is 0. The summed E-state index contributed by atoms with van der Waals surface area (Å²) in [6.07, 6.45) is 7.70. The molecule has 0 unspecified atom stereocenters. The quantitative estimate of drug-likeness (QED) is 0.491. The van der Waals surface area contributed by atoms with Gasteiger partial charge in [0.25, 0.3) is 0 Å². The molecule has 4 aromatic rings. The Morgan fingerprint density at radius 1 is 1.00 bits per heavy atom. The van der Waals surface area contributed by atoms with Crippen LogP contribution >= 0.6 is 0 Å². The molecular weight excluding hydrogens is 424 g/mol. The molecule has 1 fully saturated rings. The SMILES string of the molecule is Cc1nc(N2CCC3(CC2)Cc2cccnc2C3)c2ccnn2c1-c1ccc(O)c(F)c1F. The fraction of sp³-hybridized carbons (Fsp3) is 0.320. The van der Waals surface area contributed by atoms with Crippen LogP contribution in [-0.2, 0) is 12.8 Å². The number of halogens is 2. The van der Waals surface area contributed by atoms with Gasteiger partial charge in [0.1, 0.15) is 5.52 Å². The highest BCUT2D eigenvalue weighted by Gasteiger charge is 2.41. The molecule has 4 heterocycles. The van der Waals surface area contributed by atoms with Gasteiger partial charge >= 0.3 is 0 Å². The van der Waals surface area contributed by atoms with Crippen LogP contribution in [-0.4, -0.2) is 37.8 Å². The Labute approximate surface area is 189 Å². The van der Waals surface area contributed by atoms with Crippen LogP contribution in [0.5, 0.6) is 5.75 Å². The van der Waals surface area contributed by atoms with Gasteiger partial charge in [-0.15, -0.1) is 0 Å². The van der Waals surface area contributed by atoms with Crippen molar-refractivity contribution in [1.29, 1.82) is 0 Å². The van der Waals surface area contributed by atoms with Gasteiger partial charge < -0.3 is 10.0 Å². The zero-order chi connectivity index (χ0) is 22.7. The summed E-state index contributed by atoms with van der Waals surface area (Å²) in [5.74, 6) is -2.30. The van der Waals surface area contributed by atoms with E-state index < -0.39 is 17.4 Å². The van der Waals surface area contributed by atoms with E-state index >= 15 is 0 Å². The van der Waals surface area contributed by atoms with Crippen molar-refractivity contribution in [2.75, 3.05) is 18.0 Å². The number of hydrogen-bond donors (Lipinski definition) is 1. The van der Waals surface area contributed by atoms with E-state index in [1.165, 1.54) is 17.3 Å². The van der Waals surface area contributed by atoms with Gasteiger partial charge in [0, 0.05) is 30.5 Å². The van der Waals surface area contributed by atoms with Gasteiger partial charge in [0.05, 0.1) is 17.6 Å². The number of phenols is 1. The lowest BCUT2D eigenvalue weighted by atomic mass is 9.76. The maximum Gasteiger partial charge on any atom is 0.201 e. The summed E-state index contributed by atoms with van der Waals surface area (Å²) in [5, 5.41) is 13.9. The van der Waals surface area contributed by atoms with Crippen molar-refractivity contribution in [3.05, 3.63) is 71.3 Å². The number of aryl methyl sites for hydroxylation is 1. The fourth-order valence-corrected chi connectivity index (χ4v) is 5.50. The third kappa shape index (κ3) is 3.08. The van der Waals surface area contributed by atoms with E-state index in [4.69, 9.17) is 4.98 Å². The van der Waals surface area contributed by atoms with E-state index in [1.807, 2.05) is 18.3 Å². The number of aromatic hydroxyl groups is 1. The van der Waals surface area contributed by atoms with E-state index in [0.717, 1.165) is 56.2 Å². The number of benzene rings is 1. The summed E-state index contributed by atoms with van der Waals surface area (Å²) in [7, 11) is 0. The number of fused-ring (bicyclic) bond motifs is 2. The van der Waals surface area contributed by atoms with Crippen molar-refractivity contribution in [3.8, 4) is 17.0 Å². The van der Waals surface area contributed by atoms with Crippen LogP contribution < -0.4 is 4.90 Å². The second-order valence-electron chi connectivity index (χ2n) is 9.21. The van der Waals surface area contributed by atoms with Crippen LogP contribution in [0.25, 0.3) is 16.8 Å². The third-order valence-corrected chi connectivity index (χ3v) is 7.23. The standard InChI is InChI=1S/C25H23F2N5O/c1-15-23(17-4-5-20(33)22(27)21(17)26)32-19(6-10-29-32)24(30-15)31-11-7-25(8-12-31)13-16-3-2-9-28-18(16)14-25/h2-6,9-10,33H,7-8,11-14H2,1H3. The second-order valence-corrected chi connectivity index (χ2v) is 9.21. The molecule has 3 aromatic heterocycles. The minimum atomic E-state index is -1.27. The van der Waals surface area contributed by atoms with Crippen LogP contribution in [0.1, 0.15) is 29.8 Å². The van der Waals surface area contributed by atoms with Gasteiger partial charge in [-0.25, -0.2) is 13.9 Å². The molecule has 0 radical (unpaired) electrons. The van der Waals surface area contributed by atoms with Crippen LogP contribution in [0, 0.1) is 24.0 Å². The first-order valence-electron chi connectivity index (χ1n) is 11.2. The number of nitrogens with zero attached hydrogens (tertiary/aromatic N) is 5. The highest BCUT2D eigenvalue weighted by atomic mass is 19.2. The number of hydrogen-bond acceptors (Lipinski definition) is 5. The molecule has 6 rings (SSSR count). The van der Waals surface area contributed by atoms with Gasteiger partial charge in [-0.2, -0.15) is 9.49 Å². The summed E-state index contributed by atoms with van der Waals surface area (Å²) < 4.78 is 30.4. The highest BCUT2D eigenvalue weighted by Crippen LogP contribution is 2.45. The molecule has 2 aliphatic rings. The summed E-state index contributed by atoms with van der Waals surface area (Å²) in [4.78, 5) is 11.7. The summed E-state index contributed by atoms with van der Waals surface area (Å²) in [6, 6.07) is 8.55. The Kier molecular flexibility index (Phi) is 4.40. The Morgan fingerprint density at radius 2 is 1.82 bits per heavy atom. The molecule has 0 atom stereocenters. The van der Waals surface area contributed by atoms with Crippen molar-refractivity contribution in [1.82, 2.24) is 19.6 Å². The number of anilines is 1. The zero-order valence-electron chi connectivity index (χ0n) is 18.2. The minimum absolute atomic E-state index is 0.0179. The molecule has 1 aliphatic carbocycles. The van der Waals surface area contributed by atoms with E-state index in [9.17, 15) is 13.9 Å². The van der Waals surface area contributed by atoms with Crippen molar-refractivity contribution in [2.24, 2.45) is 5.41 Å². The normalized spacial score (nSPS) is 17.1. The van der Waals surface area contributed by atoms with Gasteiger partial charge in [0.15, 0.2) is 17.4 Å². The molecule has 1 N–H and O–H groups in total. The molecule has 1 aliphatic heterocycles. The number of pyridine rings is 1. The Bertz CT molecular complexity index is 1360. The largest absolute Gasteiger partial charge is 0.505 e. The zero-order valence-corrected chi connectivity index (χ0v) is 18.2. The average Bonchev–Trinajstić information content (AvgIpc) is 3.43. The Balaban J connectivity index is 1.34. The van der Waals surface area contributed by atoms with E-state index in [-0.39, 0.29) is 11.0 Å². The lowest BCUT2D eigenvalue weighted by Gasteiger charge is -2.40. The van der Waals surface area contributed by atoms with Gasteiger partial charge in [0.2, 0.25) is 5.82 Å². The molecular formula is C25H23F2N5O. The molecule has 1 aromatic carbocycles. The van der Waals surface area contributed by atoms with Crippen molar-refractivity contribution >= 4 is 11.3 Å². The molecule has 33 heavy (non-hydrogen) atoms. The summed E-state index contributed by atoms with van der Waals surface area (Å²) in [5.41, 5.74) is 4.53. The van der Waals surface area contributed by atoms with Crippen LogP contribution in [0.4, 0.5) is 14.6 Å². The molecule has 0 bridgehead atoms. The molecule has 8 heteroatoms. The molecule has 1 spiro atoms. The summed E-state index contributed by atoms with van der Waals surface area (Å²) in [6.45, 7) is 3.50. The fourth-order valence-electron chi connectivity index (χ4n) is 5.50. The first-order chi connectivity index (χ1) is 16.0. The lowest BCUT2D eigenvalue weighted by molar-refractivity contribution is 0.231. The molecule has 1 saturated heterocycles. The van der Waals surface area contributed by atoms with Gasteiger partial charge in [-0.1, -0.05) is 6.07 Å². The predicted octanol–water partition coefficient (Wildman–Crippen LogP) is 4.47. The van der Waals surface area contributed by atoms with Gasteiger partial charge in [-0.05, 0) is 67.9 Å². The van der Waals surface area contributed by atoms with Crippen molar-refractivity contribution in [3.63, 3.8) is 0 Å². The predicted molar refractivity (Wildman–Crippen MR) is 120 cm³/mol. The maximum absolute atomic E-state index is 14.7. The highest BCUT2D eigenvalue weighted by molar-refractivity contribution is 5.76. The van der Waals surface area contributed by atoms with E-state index in [2.05, 4.69) is 21.0 Å². The first kappa shape index (κ1) is 20.1. The number of phenolic OH excluding ortho intramolecular Hbond substituents is 1. The smallest absolute Gasteiger partial charge is 0.201 e. The van der Waals surface area contributed by atoms with Crippen molar-refractivity contribution < 1.29 is 13.9 Å². The van der Waals surface area contributed by atoms with Gasteiger partial charge in [-0.3, -0.25) is 4.98 Å². The Morgan fingerprint density at radius 3 is 2.61 bits per heavy atom. The van der Waals surface area contributed by atoms with E-state index in [0.29, 0.717) is 11.4 Å². The molecule has 168 valence electrons. The first-order valence-corrected chi connectivity index (χ1v) is 11.2.